The zero-order chi connectivity index (χ0) is 15.3. The molecule has 5 heteroatoms. The van der Waals surface area contributed by atoms with Crippen LogP contribution < -0.4 is 10.5 Å². The number of sulfonamides is 1. The highest BCUT2D eigenvalue weighted by Gasteiger charge is 2.19. The van der Waals surface area contributed by atoms with E-state index in [0.717, 1.165) is 29.5 Å². The molecule has 1 rings (SSSR count). The Morgan fingerprint density at radius 3 is 2.25 bits per heavy atom. The van der Waals surface area contributed by atoms with E-state index in [1.54, 1.807) is 6.07 Å². The minimum absolute atomic E-state index is 0.342. The van der Waals surface area contributed by atoms with Gasteiger partial charge in [-0.25, -0.2) is 13.1 Å². The number of benzene rings is 1. The fourth-order valence-electron chi connectivity index (χ4n) is 2.27. The molecule has 0 bridgehead atoms. The van der Waals surface area contributed by atoms with Gasteiger partial charge in [-0.15, -0.1) is 0 Å². The molecule has 0 aliphatic heterocycles. The van der Waals surface area contributed by atoms with Gasteiger partial charge in [-0.05, 0) is 42.5 Å². The average Bonchev–Trinajstić information content (AvgIpc) is 2.39. The lowest BCUT2D eigenvalue weighted by Crippen LogP contribution is -2.29. The van der Waals surface area contributed by atoms with E-state index in [1.807, 2.05) is 19.9 Å². The molecule has 0 atom stereocenters. The summed E-state index contributed by atoms with van der Waals surface area (Å²) in [5.74, 6) is 0.379. The highest BCUT2D eigenvalue weighted by molar-refractivity contribution is 7.89. The molecule has 0 fully saturated rings. The zero-order valence-corrected chi connectivity index (χ0v) is 13.7. The fraction of sp³-hybridized carbons (Fsp3) is 0.600. The molecule has 0 spiro atoms. The first-order chi connectivity index (χ1) is 9.35. The van der Waals surface area contributed by atoms with Gasteiger partial charge in [0, 0.05) is 13.1 Å². The van der Waals surface area contributed by atoms with Crippen molar-refractivity contribution in [1.29, 1.82) is 0 Å². The van der Waals surface area contributed by atoms with Crippen molar-refractivity contribution in [2.24, 2.45) is 11.7 Å². The monoisotopic (exact) mass is 298 g/mol. The minimum atomic E-state index is -3.46. The van der Waals surface area contributed by atoms with Gasteiger partial charge in [0.25, 0.3) is 0 Å². The van der Waals surface area contributed by atoms with E-state index in [0.29, 0.717) is 23.9 Å². The molecule has 0 radical (unpaired) electrons. The third-order valence-corrected chi connectivity index (χ3v) is 5.43. The molecular formula is C15H26N2O2S. The van der Waals surface area contributed by atoms with Gasteiger partial charge in [0.05, 0.1) is 4.90 Å². The summed E-state index contributed by atoms with van der Waals surface area (Å²) >= 11 is 0. The van der Waals surface area contributed by atoms with E-state index in [1.165, 1.54) is 0 Å². The van der Waals surface area contributed by atoms with Gasteiger partial charge in [0.15, 0.2) is 0 Å². The van der Waals surface area contributed by atoms with E-state index in [9.17, 15) is 8.42 Å². The third kappa shape index (κ3) is 4.04. The predicted octanol–water partition coefficient (Wildman–Crippen LogP) is 2.48. The molecule has 3 N–H and O–H groups in total. The number of rotatable bonds is 7. The van der Waals surface area contributed by atoms with Gasteiger partial charge in [0.1, 0.15) is 0 Å². The summed E-state index contributed by atoms with van der Waals surface area (Å²) in [6.07, 6.45) is 1.94. The number of aryl methyl sites for hydroxylation is 2. The van der Waals surface area contributed by atoms with E-state index in [-0.39, 0.29) is 0 Å². The highest BCUT2D eigenvalue weighted by atomic mass is 32.2. The average molecular weight is 298 g/mol. The van der Waals surface area contributed by atoms with Gasteiger partial charge in [-0.1, -0.05) is 32.8 Å². The van der Waals surface area contributed by atoms with Crippen molar-refractivity contribution in [3.63, 3.8) is 0 Å². The van der Waals surface area contributed by atoms with Crippen molar-refractivity contribution < 1.29 is 8.42 Å². The number of nitrogens with two attached hydrogens (primary N) is 1. The molecule has 4 nitrogen and oxygen atoms in total. The first kappa shape index (κ1) is 17.1. The van der Waals surface area contributed by atoms with Gasteiger partial charge < -0.3 is 5.73 Å². The van der Waals surface area contributed by atoms with Crippen molar-refractivity contribution in [2.75, 3.05) is 6.54 Å². The molecule has 0 aromatic heterocycles. The van der Waals surface area contributed by atoms with Crippen LogP contribution in [0.25, 0.3) is 0 Å². The van der Waals surface area contributed by atoms with Crippen LogP contribution in [0.4, 0.5) is 0 Å². The second kappa shape index (κ2) is 7.20. The standard InChI is InChI=1S/C15H26N2O2S/c1-5-13(6-2)10-17-20(18,19)15-8-14(9-16)11(3)7-12(15)4/h7-8,13,17H,5-6,9-10,16H2,1-4H3. The van der Waals surface area contributed by atoms with Crippen LogP contribution in [0.2, 0.25) is 0 Å². The van der Waals surface area contributed by atoms with Gasteiger partial charge in [0.2, 0.25) is 10.0 Å². The van der Waals surface area contributed by atoms with Crippen LogP contribution in [0.3, 0.4) is 0 Å². The summed E-state index contributed by atoms with van der Waals surface area (Å²) in [6.45, 7) is 8.75. The second-order valence-corrected chi connectivity index (χ2v) is 7.02. The maximum absolute atomic E-state index is 12.4. The van der Waals surface area contributed by atoms with E-state index < -0.39 is 10.0 Å². The van der Waals surface area contributed by atoms with Crippen molar-refractivity contribution in [3.05, 3.63) is 28.8 Å². The summed E-state index contributed by atoms with van der Waals surface area (Å²) in [5.41, 5.74) is 8.33. The van der Waals surface area contributed by atoms with E-state index in [2.05, 4.69) is 18.6 Å². The number of nitrogens with one attached hydrogen (secondary N) is 1. The first-order valence-corrected chi connectivity index (χ1v) is 8.63. The van der Waals surface area contributed by atoms with Gasteiger partial charge >= 0.3 is 0 Å². The molecule has 0 saturated heterocycles. The minimum Gasteiger partial charge on any atom is -0.326 e. The number of hydrogen-bond donors (Lipinski definition) is 2. The Balaban J connectivity index is 3.03. The largest absolute Gasteiger partial charge is 0.326 e. The van der Waals surface area contributed by atoms with E-state index in [4.69, 9.17) is 5.73 Å². The second-order valence-electron chi connectivity index (χ2n) is 5.28. The molecule has 1 aromatic rings. The normalized spacial score (nSPS) is 12.1. The molecule has 0 unspecified atom stereocenters. The SMILES string of the molecule is CCC(CC)CNS(=O)(=O)c1cc(CN)c(C)cc1C. The molecule has 0 heterocycles. The van der Waals surface area contributed by atoms with Crippen LogP contribution >= 0.6 is 0 Å². The Morgan fingerprint density at radius 2 is 1.75 bits per heavy atom. The lowest BCUT2D eigenvalue weighted by atomic mass is 10.0. The topological polar surface area (TPSA) is 72.2 Å². The highest BCUT2D eigenvalue weighted by Crippen LogP contribution is 2.20. The molecule has 0 saturated carbocycles. The molecule has 114 valence electrons. The van der Waals surface area contributed by atoms with Crippen molar-refractivity contribution >= 4 is 10.0 Å². The molecule has 0 aliphatic carbocycles. The Kier molecular flexibility index (Phi) is 6.17. The summed E-state index contributed by atoms with van der Waals surface area (Å²) in [5, 5.41) is 0. The molecule has 20 heavy (non-hydrogen) atoms. The van der Waals surface area contributed by atoms with Crippen molar-refractivity contribution in [1.82, 2.24) is 4.72 Å². The number of hydrogen-bond acceptors (Lipinski definition) is 3. The molecule has 0 aliphatic rings. The van der Waals surface area contributed by atoms with Gasteiger partial charge in [-0.3, -0.25) is 0 Å². The smallest absolute Gasteiger partial charge is 0.240 e. The lowest BCUT2D eigenvalue weighted by Gasteiger charge is -2.16. The van der Waals surface area contributed by atoms with E-state index >= 15 is 0 Å². The van der Waals surface area contributed by atoms with Crippen LogP contribution in [-0.4, -0.2) is 15.0 Å². The quantitative estimate of drug-likeness (QED) is 0.812. The summed E-state index contributed by atoms with van der Waals surface area (Å²) in [6, 6.07) is 3.58. The van der Waals surface area contributed by atoms with Crippen molar-refractivity contribution in [3.8, 4) is 0 Å². The summed E-state index contributed by atoms with van der Waals surface area (Å²) < 4.78 is 27.6. The zero-order valence-electron chi connectivity index (χ0n) is 12.9. The third-order valence-electron chi connectivity index (χ3n) is 3.86. The maximum atomic E-state index is 12.4. The predicted molar refractivity (Wildman–Crippen MR) is 83.1 cm³/mol. The first-order valence-electron chi connectivity index (χ1n) is 7.15. The Morgan fingerprint density at radius 1 is 1.15 bits per heavy atom. The van der Waals surface area contributed by atoms with Gasteiger partial charge in [-0.2, -0.15) is 0 Å². The Hall–Kier alpha value is -0.910. The van der Waals surface area contributed by atoms with Crippen LogP contribution in [-0.2, 0) is 16.6 Å². The molecular weight excluding hydrogens is 272 g/mol. The van der Waals surface area contributed by atoms with Crippen LogP contribution in [0.1, 0.15) is 43.4 Å². The Bertz CT molecular complexity index is 549. The lowest BCUT2D eigenvalue weighted by molar-refractivity contribution is 0.478. The molecule has 0 amide bonds. The van der Waals surface area contributed by atoms with Crippen LogP contribution in [0.15, 0.2) is 17.0 Å². The summed E-state index contributed by atoms with van der Waals surface area (Å²) in [7, 11) is -3.46. The fourth-order valence-corrected chi connectivity index (χ4v) is 3.66. The van der Waals surface area contributed by atoms with Crippen molar-refractivity contribution in [2.45, 2.75) is 52.0 Å². The van der Waals surface area contributed by atoms with Crippen LogP contribution in [0, 0.1) is 19.8 Å². The summed E-state index contributed by atoms with van der Waals surface area (Å²) in [4.78, 5) is 0.342. The molecule has 1 aromatic carbocycles. The Labute approximate surface area is 122 Å². The maximum Gasteiger partial charge on any atom is 0.240 e. The van der Waals surface area contributed by atoms with Crippen LogP contribution in [0.5, 0.6) is 0 Å².